The fourth-order valence-electron chi connectivity index (χ4n) is 1.75. The summed E-state index contributed by atoms with van der Waals surface area (Å²) in [5.41, 5.74) is 0. The second-order valence-electron chi connectivity index (χ2n) is 3.77. The zero-order valence-corrected chi connectivity index (χ0v) is 8.77. The molecule has 0 bridgehead atoms. The standard InChI is InChI=1S/C10H18O4/c1-3-4-5-12-6-7-8-9(14-8)10(11-2)13-7/h7-10H,3-6H2,1-2H3/t7-,8?,9?,10+/m1/s1. The number of epoxide rings is 1. The van der Waals surface area contributed by atoms with Gasteiger partial charge in [-0.1, -0.05) is 13.3 Å². The van der Waals surface area contributed by atoms with Crippen LogP contribution in [0.15, 0.2) is 0 Å². The van der Waals surface area contributed by atoms with E-state index in [9.17, 15) is 0 Å². The van der Waals surface area contributed by atoms with Crippen molar-refractivity contribution in [3.05, 3.63) is 0 Å². The zero-order chi connectivity index (χ0) is 9.97. The van der Waals surface area contributed by atoms with Crippen molar-refractivity contribution in [2.45, 2.75) is 44.4 Å². The highest BCUT2D eigenvalue weighted by Crippen LogP contribution is 2.39. The molecule has 2 saturated heterocycles. The molecule has 2 aliphatic heterocycles. The van der Waals surface area contributed by atoms with Crippen LogP contribution in [0.3, 0.4) is 0 Å². The molecule has 4 atom stereocenters. The summed E-state index contributed by atoms with van der Waals surface area (Å²) in [6.45, 7) is 3.59. The summed E-state index contributed by atoms with van der Waals surface area (Å²) in [4.78, 5) is 0. The molecular weight excluding hydrogens is 184 g/mol. The smallest absolute Gasteiger partial charge is 0.186 e. The van der Waals surface area contributed by atoms with Gasteiger partial charge in [-0.15, -0.1) is 0 Å². The van der Waals surface area contributed by atoms with E-state index >= 15 is 0 Å². The van der Waals surface area contributed by atoms with Crippen molar-refractivity contribution in [1.82, 2.24) is 0 Å². The van der Waals surface area contributed by atoms with Crippen LogP contribution >= 0.6 is 0 Å². The fraction of sp³-hybridized carbons (Fsp3) is 1.00. The monoisotopic (exact) mass is 202 g/mol. The first-order valence-corrected chi connectivity index (χ1v) is 5.28. The first kappa shape index (κ1) is 10.4. The molecule has 2 aliphatic rings. The highest BCUT2D eigenvalue weighted by Gasteiger charge is 2.58. The van der Waals surface area contributed by atoms with Gasteiger partial charge in [-0.3, -0.25) is 0 Å². The molecular formula is C10H18O4. The maximum atomic E-state index is 5.58. The Morgan fingerprint density at radius 2 is 2.07 bits per heavy atom. The van der Waals surface area contributed by atoms with Crippen LogP contribution < -0.4 is 0 Å². The lowest BCUT2D eigenvalue weighted by Gasteiger charge is -2.16. The Kier molecular flexibility index (Phi) is 3.38. The van der Waals surface area contributed by atoms with E-state index < -0.39 is 0 Å². The lowest BCUT2D eigenvalue weighted by Crippen LogP contribution is -2.25. The van der Waals surface area contributed by atoms with E-state index in [4.69, 9.17) is 18.9 Å². The van der Waals surface area contributed by atoms with Gasteiger partial charge in [-0.05, 0) is 6.42 Å². The molecule has 0 radical (unpaired) electrons. The van der Waals surface area contributed by atoms with Crippen molar-refractivity contribution in [2.75, 3.05) is 20.3 Å². The third kappa shape index (κ3) is 2.08. The van der Waals surface area contributed by atoms with E-state index in [-0.39, 0.29) is 24.6 Å². The van der Waals surface area contributed by atoms with Crippen LogP contribution in [-0.4, -0.2) is 44.9 Å². The minimum absolute atomic E-state index is 0.0711. The molecule has 0 aromatic heterocycles. The van der Waals surface area contributed by atoms with Gasteiger partial charge in [0, 0.05) is 13.7 Å². The molecule has 0 aromatic carbocycles. The highest BCUT2D eigenvalue weighted by atomic mass is 16.8. The molecule has 82 valence electrons. The topological polar surface area (TPSA) is 40.2 Å². The van der Waals surface area contributed by atoms with Crippen molar-refractivity contribution in [3.63, 3.8) is 0 Å². The van der Waals surface area contributed by atoms with Crippen molar-refractivity contribution < 1.29 is 18.9 Å². The lowest BCUT2D eigenvalue weighted by atomic mass is 10.2. The van der Waals surface area contributed by atoms with E-state index in [1.165, 1.54) is 0 Å². The van der Waals surface area contributed by atoms with E-state index in [1.54, 1.807) is 7.11 Å². The van der Waals surface area contributed by atoms with Crippen LogP contribution in [-0.2, 0) is 18.9 Å². The minimum Gasteiger partial charge on any atom is -0.379 e. The molecule has 4 nitrogen and oxygen atoms in total. The van der Waals surface area contributed by atoms with E-state index in [1.807, 2.05) is 0 Å². The van der Waals surface area contributed by atoms with Crippen molar-refractivity contribution >= 4 is 0 Å². The average molecular weight is 202 g/mol. The Labute approximate surface area is 84.5 Å². The van der Waals surface area contributed by atoms with Gasteiger partial charge in [0.15, 0.2) is 6.29 Å². The molecule has 0 N–H and O–H groups in total. The van der Waals surface area contributed by atoms with E-state index in [2.05, 4.69) is 6.92 Å². The molecule has 4 heteroatoms. The number of fused-ring (bicyclic) bond motifs is 1. The molecule has 14 heavy (non-hydrogen) atoms. The SMILES string of the molecule is CCCCOC[C@H]1O[C@H](OC)C2OC21. The van der Waals surface area contributed by atoms with Gasteiger partial charge in [0.05, 0.1) is 6.61 Å². The molecule has 2 fully saturated rings. The molecule has 0 saturated carbocycles. The summed E-state index contributed by atoms with van der Waals surface area (Å²) in [5, 5.41) is 0. The summed E-state index contributed by atoms with van der Waals surface area (Å²) in [6, 6.07) is 0. The quantitative estimate of drug-likeness (QED) is 0.475. The van der Waals surface area contributed by atoms with Crippen LogP contribution in [0.5, 0.6) is 0 Å². The molecule has 0 aromatic rings. The second-order valence-corrected chi connectivity index (χ2v) is 3.77. The van der Waals surface area contributed by atoms with Gasteiger partial charge in [-0.25, -0.2) is 0 Å². The van der Waals surface area contributed by atoms with Gasteiger partial charge < -0.3 is 18.9 Å². The Morgan fingerprint density at radius 3 is 2.71 bits per heavy atom. The lowest BCUT2D eigenvalue weighted by molar-refractivity contribution is -0.170. The maximum absolute atomic E-state index is 5.58. The normalized spacial score (nSPS) is 39.9. The average Bonchev–Trinajstić information content (AvgIpc) is 2.92. The largest absolute Gasteiger partial charge is 0.379 e. The summed E-state index contributed by atoms with van der Waals surface area (Å²) >= 11 is 0. The van der Waals surface area contributed by atoms with Gasteiger partial charge in [0.2, 0.25) is 0 Å². The second kappa shape index (κ2) is 4.57. The van der Waals surface area contributed by atoms with Crippen LogP contribution in [0, 0.1) is 0 Å². The van der Waals surface area contributed by atoms with Crippen LogP contribution in [0.25, 0.3) is 0 Å². The summed E-state index contributed by atoms with van der Waals surface area (Å²) in [7, 11) is 1.64. The zero-order valence-electron chi connectivity index (χ0n) is 8.77. The predicted molar refractivity (Wildman–Crippen MR) is 50.1 cm³/mol. The van der Waals surface area contributed by atoms with Crippen LogP contribution in [0.2, 0.25) is 0 Å². The summed E-state index contributed by atoms with van der Waals surface area (Å²) < 4.78 is 21.6. The minimum atomic E-state index is -0.181. The summed E-state index contributed by atoms with van der Waals surface area (Å²) in [6.07, 6.45) is 2.52. The Morgan fingerprint density at radius 1 is 1.21 bits per heavy atom. The third-order valence-electron chi connectivity index (χ3n) is 2.66. The molecule has 0 spiro atoms. The first-order chi connectivity index (χ1) is 6.86. The molecule has 2 unspecified atom stereocenters. The first-order valence-electron chi connectivity index (χ1n) is 5.28. The Hall–Kier alpha value is -0.160. The van der Waals surface area contributed by atoms with Crippen LogP contribution in [0.4, 0.5) is 0 Å². The van der Waals surface area contributed by atoms with Crippen molar-refractivity contribution in [3.8, 4) is 0 Å². The number of rotatable bonds is 6. The van der Waals surface area contributed by atoms with E-state index in [0.717, 1.165) is 19.4 Å². The third-order valence-corrected chi connectivity index (χ3v) is 2.66. The maximum Gasteiger partial charge on any atom is 0.186 e. The number of methoxy groups -OCH3 is 1. The Bertz CT molecular complexity index is 185. The van der Waals surface area contributed by atoms with E-state index in [0.29, 0.717) is 6.61 Å². The number of unbranched alkanes of at least 4 members (excludes halogenated alkanes) is 1. The molecule has 0 amide bonds. The fourth-order valence-corrected chi connectivity index (χ4v) is 1.75. The Balaban J connectivity index is 1.63. The van der Waals surface area contributed by atoms with Gasteiger partial charge in [0.1, 0.15) is 18.3 Å². The highest BCUT2D eigenvalue weighted by molar-refractivity contribution is 5.00. The van der Waals surface area contributed by atoms with Crippen molar-refractivity contribution in [1.29, 1.82) is 0 Å². The number of ether oxygens (including phenoxy) is 4. The number of hydrogen-bond acceptors (Lipinski definition) is 4. The molecule has 0 aliphatic carbocycles. The van der Waals surface area contributed by atoms with Gasteiger partial charge in [0.25, 0.3) is 0 Å². The predicted octanol–water partition coefficient (Wildman–Crippen LogP) is 0.942. The van der Waals surface area contributed by atoms with Gasteiger partial charge >= 0.3 is 0 Å². The van der Waals surface area contributed by atoms with Gasteiger partial charge in [-0.2, -0.15) is 0 Å². The van der Waals surface area contributed by atoms with Crippen LogP contribution in [0.1, 0.15) is 19.8 Å². The molecule has 2 heterocycles. The van der Waals surface area contributed by atoms with Crippen molar-refractivity contribution in [2.24, 2.45) is 0 Å². The number of hydrogen-bond donors (Lipinski definition) is 0. The summed E-state index contributed by atoms with van der Waals surface area (Å²) in [5.74, 6) is 0. The molecule has 2 rings (SSSR count).